The van der Waals surface area contributed by atoms with Gasteiger partial charge in [0.25, 0.3) is 0 Å². The summed E-state index contributed by atoms with van der Waals surface area (Å²) in [6, 6.07) is 11.1. The quantitative estimate of drug-likeness (QED) is 0.543. The van der Waals surface area contributed by atoms with Gasteiger partial charge in [-0.15, -0.1) is 11.3 Å². The molecule has 1 aliphatic carbocycles. The van der Waals surface area contributed by atoms with Crippen LogP contribution in [0.2, 0.25) is 0 Å². The van der Waals surface area contributed by atoms with Gasteiger partial charge in [0.05, 0.1) is 21.9 Å². The molecule has 8 nitrogen and oxygen atoms in total. The zero-order valence-electron chi connectivity index (χ0n) is 17.5. The summed E-state index contributed by atoms with van der Waals surface area (Å²) in [4.78, 5) is 21.4. The Hall–Kier alpha value is -3.29. The number of carbonyl (C=O) groups excluding carboxylic acids is 1. The van der Waals surface area contributed by atoms with Crippen molar-refractivity contribution in [2.75, 3.05) is 10.0 Å². The summed E-state index contributed by atoms with van der Waals surface area (Å²) in [5, 5.41) is 13.5. The molecule has 4 rings (SSSR count). The molecule has 0 atom stereocenters. The SMILES string of the molecule is CC(C)(C(=O)Nc1ccc(-c2cncc(C#N)c2)cc1)c1csc(NS(=O)(=O)C2CC2)n1. The van der Waals surface area contributed by atoms with E-state index in [0.29, 0.717) is 29.8 Å². The van der Waals surface area contributed by atoms with Gasteiger partial charge in [-0.05, 0) is 50.5 Å². The van der Waals surface area contributed by atoms with Gasteiger partial charge in [0.15, 0.2) is 5.13 Å². The second-order valence-electron chi connectivity index (χ2n) is 8.11. The van der Waals surface area contributed by atoms with E-state index in [9.17, 15) is 13.2 Å². The highest BCUT2D eigenvalue weighted by atomic mass is 32.2. The smallest absolute Gasteiger partial charge is 0.237 e. The van der Waals surface area contributed by atoms with E-state index in [1.165, 1.54) is 6.20 Å². The Labute approximate surface area is 190 Å². The minimum absolute atomic E-state index is 0.264. The van der Waals surface area contributed by atoms with Gasteiger partial charge in [0, 0.05) is 29.0 Å². The standard InChI is InChI=1S/C22H21N5O3S2/c1-22(2,19-13-31-21(26-19)27-32(29,30)18-7-8-18)20(28)25-17-5-3-15(4-6-17)16-9-14(10-23)11-24-12-16/h3-6,9,11-13,18H,7-8H2,1-2H3,(H,25,28)(H,26,27). The monoisotopic (exact) mass is 467 g/mol. The lowest BCUT2D eigenvalue weighted by atomic mass is 9.89. The number of benzene rings is 1. The van der Waals surface area contributed by atoms with Crippen LogP contribution in [-0.2, 0) is 20.2 Å². The van der Waals surface area contributed by atoms with Crippen molar-refractivity contribution in [3.05, 3.63) is 59.4 Å². The number of nitriles is 1. The first-order valence-corrected chi connectivity index (χ1v) is 12.4. The Morgan fingerprint density at radius 2 is 1.91 bits per heavy atom. The zero-order valence-corrected chi connectivity index (χ0v) is 19.1. The summed E-state index contributed by atoms with van der Waals surface area (Å²) in [7, 11) is -3.40. The predicted molar refractivity (Wildman–Crippen MR) is 124 cm³/mol. The third-order valence-corrected chi connectivity index (χ3v) is 7.96. The number of anilines is 2. The average Bonchev–Trinajstić information content (AvgIpc) is 3.54. The van der Waals surface area contributed by atoms with Crippen LogP contribution in [-0.4, -0.2) is 29.5 Å². The van der Waals surface area contributed by atoms with Crippen LogP contribution < -0.4 is 10.0 Å². The van der Waals surface area contributed by atoms with Crippen LogP contribution in [0.15, 0.2) is 48.1 Å². The molecule has 0 aliphatic heterocycles. The summed E-state index contributed by atoms with van der Waals surface area (Å²) in [6.07, 6.45) is 4.51. The van der Waals surface area contributed by atoms with E-state index in [4.69, 9.17) is 5.26 Å². The Balaban J connectivity index is 1.45. The number of aromatic nitrogens is 2. The maximum absolute atomic E-state index is 13.0. The highest BCUT2D eigenvalue weighted by Gasteiger charge is 2.37. The molecule has 1 saturated carbocycles. The van der Waals surface area contributed by atoms with Crippen molar-refractivity contribution in [3.8, 4) is 17.2 Å². The summed E-state index contributed by atoms with van der Waals surface area (Å²) in [5.41, 5.74) is 2.29. The van der Waals surface area contributed by atoms with Crippen molar-refractivity contribution in [2.45, 2.75) is 37.4 Å². The van der Waals surface area contributed by atoms with Crippen molar-refractivity contribution in [1.82, 2.24) is 9.97 Å². The maximum Gasteiger partial charge on any atom is 0.237 e. The Morgan fingerprint density at radius 3 is 2.56 bits per heavy atom. The van der Waals surface area contributed by atoms with Gasteiger partial charge in [-0.2, -0.15) is 5.26 Å². The van der Waals surface area contributed by atoms with Crippen molar-refractivity contribution >= 4 is 38.1 Å². The summed E-state index contributed by atoms with van der Waals surface area (Å²) >= 11 is 1.16. The fourth-order valence-corrected chi connectivity index (χ4v) is 5.47. The molecule has 32 heavy (non-hydrogen) atoms. The second kappa shape index (κ2) is 8.33. The van der Waals surface area contributed by atoms with Gasteiger partial charge in [-0.1, -0.05) is 12.1 Å². The Morgan fingerprint density at radius 1 is 1.19 bits per heavy atom. The third-order valence-electron chi connectivity index (χ3n) is 5.25. The Kier molecular flexibility index (Phi) is 5.71. The number of hydrogen-bond acceptors (Lipinski definition) is 7. The number of carbonyl (C=O) groups is 1. The fraction of sp³-hybridized carbons (Fsp3) is 0.273. The van der Waals surface area contributed by atoms with Crippen LogP contribution in [0.5, 0.6) is 0 Å². The highest BCUT2D eigenvalue weighted by molar-refractivity contribution is 7.93. The predicted octanol–water partition coefficient (Wildman–Crippen LogP) is 3.90. The first kappa shape index (κ1) is 21.9. The first-order chi connectivity index (χ1) is 15.2. The molecule has 0 saturated heterocycles. The van der Waals surface area contributed by atoms with Crippen LogP contribution in [0.4, 0.5) is 10.8 Å². The average molecular weight is 468 g/mol. The lowest BCUT2D eigenvalue weighted by Gasteiger charge is -2.21. The number of amides is 1. The topological polar surface area (TPSA) is 125 Å². The van der Waals surface area contributed by atoms with E-state index >= 15 is 0 Å². The molecule has 10 heteroatoms. The van der Waals surface area contributed by atoms with Crippen LogP contribution >= 0.6 is 11.3 Å². The van der Waals surface area contributed by atoms with E-state index in [1.54, 1.807) is 43.6 Å². The first-order valence-electron chi connectivity index (χ1n) is 9.94. The molecule has 1 amide bonds. The van der Waals surface area contributed by atoms with Gasteiger partial charge in [0.1, 0.15) is 6.07 Å². The van der Waals surface area contributed by atoms with Crippen molar-refractivity contribution in [2.24, 2.45) is 0 Å². The van der Waals surface area contributed by atoms with Gasteiger partial charge < -0.3 is 5.32 Å². The van der Waals surface area contributed by atoms with Crippen LogP contribution in [0, 0.1) is 11.3 Å². The van der Waals surface area contributed by atoms with Gasteiger partial charge in [-0.3, -0.25) is 14.5 Å². The van der Waals surface area contributed by atoms with E-state index in [1.807, 2.05) is 12.1 Å². The molecule has 1 aliphatic rings. The van der Waals surface area contributed by atoms with Crippen molar-refractivity contribution in [3.63, 3.8) is 0 Å². The molecular weight excluding hydrogens is 446 g/mol. The summed E-state index contributed by atoms with van der Waals surface area (Å²) < 4.78 is 26.8. The van der Waals surface area contributed by atoms with Gasteiger partial charge in [0.2, 0.25) is 15.9 Å². The summed E-state index contributed by atoms with van der Waals surface area (Å²) in [6.45, 7) is 3.48. The number of hydrogen-bond donors (Lipinski definition) is 2. The molecule has 164 valence electrons. The Bertz CT molecular complexity index is 1300. The number of nitrogens with zero attached hydrogens (tertiary/aromatic N) is 3. The molecule has 0 radical (unpaired) electrons. The molecule has 2 heterocycles. The van der Waals surface area contributed by atoms with Crippen LogP contribution in [0.1, 0.15) is 37.9 Å². The lowest BCUT2D eigenvalue weighted by molar-refractivity contribution is -0.120. The molecule has 1 fully saturated rings. The molecule has 0 bridgehead atoms. The van der Waals surface area contributed by atoms with Gasteiger partial charge >= 0.3 is 0 Å². The van der Waals surface area contributed by atoms with E-state index in [2.05, 4.69) is 26.1 Å². The fourth-order valence-electron chi connectivity index (χ4n) is 3.00. The lowest BCUT2D eigenvalue weighted by Crippen LogP contribution is -2.35. The third kappa shape index (κ3) is 4.64. The molecule has 0 unspecified atom stereocenters. The summed E-state index contributed by atoms with van der Waals surface area (Å²) in [5.74, 6) is -0.264. The zero-order chi connectivity index (χ0) is 22.9. The normalized spacial score (nSPS) is 13.9. The number of thiazole rings is 1. The number of rotatable bonds is 7. The minimum atomic E-state index is -3.40. The molecule has 3 aromatic rings. The van der Waals surface area contributed by atoms with Crippen LogP contribution in [0.25, 0.3) is 11.1 Å². The minimum Gasteiger partial charge on any atom is -0.325 e. The molecule has 2 aromatic heterocycles. The largest absolute Gasteiger partial charge is 0.325 e. The second-order valence-corrected chi connectivity index (χ2v) is 10.9. The molecule has 1 aromatic carbocycles. The highest BCUT2D eigenvalue weighted by Crippen LogP contribution is 2.33. The maximum atomic E-state index is 13.0. The molecule has 0 spiro atoms. The number of nitrogens with one attached hydrogen (secondary N) is 2. The van der Waals surface area contributed by atoms with E-state index in [-0.39, 0.29) is 16.3 Å². The van der Waals surface area contributed by atoms with Crippen molar-refractivity contribution < 1.29 is 13.2 Å². The number of pyridine rings is 1. The van der Waals surface area contributed by atoms with Crippen LogP contribution in [0.3, 0.4) is 0 Å². The van der Waals surface area contributed by atoms with Gasteiger partial charge in [-0.25, -0.2) is 13.4 Å². The van der Waals surface area contributed by atoms with E-state index in [0.717, 1.165) is 22.5 Å². The molecule has 2 N–H and O–H groups in total. The van der Waals surface area contributed by atoms with Crippen molar-refractivity contribution in [1.29, 1.82) is 5.26 Å². The molecular formula is C22H21N5O3S2. The number of sulfonamides is 1. The van der Waals surface area contributed by atoms with E-state index < -0.39 is 15.4 Å².